The Hall–Kier alpha value is -3.02. The maximum Gasteiger partial charge on any atom is 0.408 e. The summed E-state index contributed by atoms with van der Waals surface area (Å²) in [5.41, 5.74) is 2.08. The number of nitrogens with one attached hydrogen (secondary N) is 1. The Morgan fingerprint density at radius 1 is 1.11 bits per heavy atom. The fourth-order valence-corrected chi connectivity index (χ4v) is 2.60. The van der Waals surface area contributed by atoms with E-state index in [2.05, 4.69) is 5.32 Å². The largest absolute Gasteiger partial charge is 0.489 e. The van der Waals surface area contributed by atoms with E-state index in [1.807, 2.05) is 49.4 Å². The molecule has 2 rings (SSSR count). The molecule has 0 heterocycles. The van der Waals surface area contributed by atoms with Gasteiger partial charge < -0.3 is 19.9 Å². The summed E-state index contributed by atoms with van der Waals surface area (Å²) in [6.07, 6.45) is -0.598. The van der Waals surface area contributed by atoms with E-state index in [0.717, 1.165) is 16.7 Å². The normalized spacial score (nSPS) is 12.1. The predicted molar refractivity (Wildman–Crippen MR) is 106 cm³/mol. The van der Waals surface area contributed by atoms with E-state index in [0.29, 0.717) is 12.4 Å². The van der Waals surface area contributed by atoms with Gasteiger partial charge in [0.25, 0.3) is 0 Å². The molecule has 6 nitrogen and oxygen atoms in total. The summed E-state index contributed by atoms with van der Waals surface area (Å²) in [5, 5.41) is 11.9. The zero-order chi connectivity index (χ0) is 20.7. The highest BCUT2D eigenvalue weighted by atomic mass is 16.6. The molecule has 0 aromatic heterocycles. The monoisotopic (exact) mass is 385 g/mol. The van der Waals surface area contributed by atoms with E-state index in [9.17, 15) is 14.7 Å². The topological polar surface area (TPSA) is 84.9 Å². The van der Waals surface area contributed by atoms with Crippen LogP contribution >= 0.6 is 0 Å². The van der Waals surface area contributed by atoms with E-state index in [4.69, 9.17) is 9.47 Å². The second-order valence-electron chi connectivity index (χ2n) is 7.60. The third-order valence-corrected chi connectivity index (χ3v) is 3.98. The molecular formula is C22H27NO5. The minimum Gasteiger partial charge on any atom is -0.489 e. The van der Waals surface area contributed by atoms with Crippen LogP contribution in [0.5, 0.6) is 5.75 Å². The molecule has 2 aromatic rings. The summed E-state index contributed by atoms with van der Waals surface area (Å²) in [6.45, 7) is 7.51. The van der Waals surface area contributed by atoms with Crippen molar-refractivity contribution in [2.24, 2.45) is 0 Å². The lowest BCUT2D eigenvalue weighted by molar-refractivity contribution is -0.139. The first-order chi connectivity index (χ1) is 13.1. The van der Waals surface area contributed by atoms with E-state index >= 15 is 0 Å². The second-order valence-corrected chi connectivity index (χ2v) is 7.60. The van der Waals surface area contributed by atoms with Crippen LogP contribution in [-0.4, -0.2) is 28.8 Å². The summed E-state index contributed by atoms with van der Waals surface area (Å²) in [4.78, 5) is 23.5. The Labute approximate surface area is 165 Å². The number of aliphatic carboxylic acids is 1. The third-order valence-electron chi connectivity index (χ3n) is 3.98. The van der Waals surface area contributed by atoms with Crippen LogP contribution in [0.1, 0.15) is 37.5 Å². The number of ether oxygens (including phenoxy) is 2. The smallest absolute Gasteiger partial charge is 0.408 e. The molecule has 2 aromatic carbocycles. The number of carbonyl (C=O) groups is 2. The zero-order valence-electron chi connectivity index (χ0n) is 16.7. The van der Waals surface area contributed by atoms with E-state index in [-0.39, 0.29) is 6.42 Å². The minimum absolute atomic E-state index is 0.152. The van der Waals surface area contributed by atoms with Crippen molar-refractivity contribution in [3.8, 4) is 5.75 Å². The van der Waals surface area contributed by atoms with Crippen molar-refractivity contribution in [1.29, 1.82) is 0 Å². The molecule has 0 fully saturated rings. The van der Waals surface area contributed by atoms with Gasteiger partial charge in [-0.15, -0.1) is 0 Å². The Kier molecular flexibility index (Phi) is 7.04. The number of carboxylic acids is 1. The molecule has 150 valence electrons. The van der Waals surface area contributed by atoms with Gasteiger partial charge in [0.05, 0.1) is 0 Å². The number of rotatable bonds is 7. The van der Waals surface area contributed by atoms with Gasteiger partial charge in [0.1, 0.15) is 24.0 Å². The molecule has 0 bridgehead atoms. The van der Waals surface area contributed by atoms with Gasteiger partial charge in [-0.05, 0) is 56.5 Å². The molecule has 0 radical (unpaired) electrons. The van der Waals surface area contributed by atoms with Gasteiger partial charge in [-0.25, -0.2) is 9.59 Å². The lowest BCUT2D eigenvalue weighted by Gasteiger charge is -2.22. The Balaban J connectivity index is 2.01. The van der Waals surface area contributed by atoms with Gasteiger partial charge in [-0.2, -0.15) is 0 Å². The minimum atomic E-state index is -1.12. The molecule has 28 heavy (non-hydrogen) atoms. The number of hydrogen-bond donors (Lipinski definition) is 2. The van der Waals surface area contributed by atoms with Gasteiger partial charge >= 0.3 is 12.1 Å². The van der Waals surface area contributed by atoms with Crippen molar-refractivity contribution in [2.45, 2.75) is 52.4 Å². The lowest BCUT2D eigenvalue weighted by Crippen LogP contribution is -2.44. The number of hydrogen-bond acceptors (Lipinski definition) is 4. The fourth-order valence-electron chi connectivity index (χ4n) is 2.60. The highest BCUT2D eigenvalue weighted by Crippen LogP contribution is 2.20. The summed E-state index contributed by atoms with van der Waals surface area (Å²) in [7, 11) is 0. The van der Waals surface area contributed by atoms with Crippen molar-refractivity contribution in [3.63, 3.8) is 0 Å². The van der Waals surface area contributed by atoms with E-state index < -0.39 is 23.7 Å². The average Bonchev–Trinajstić information content (AvgIpc) is 2.60. The highest BCUT2D eigenvalue weighted by Gasteiger charge is 2.24. The summed E-state index contributed by atoms with van der Waals surface area (Å²) >= 11 is 0. The predicted octanol–water partition coefficient (Wildman–Crippen LogP) is 4.09. The third kappa shape index (κ3) is 6.95. The van der Waals surface area contributed by atoms with Crippen LogP contribution in [-0.2, 0) is 22.6 Å². The van der Waals surface area contributed by atoms with Crippen molar-refractivity contribution in [1.82, 2.24) is 5.32 Å². The van der Waals surface area contributed by atoms with Crippen molar-refractivity contribution < 1.29 is 24.2 Å². The standard InChI is InChI=1S/C22H27NO5/c1-15-12-18(27-14-16-8-6-5-7-9-16)11-10-17(15)13-19(20(24)25)23-21(26)28-22(2,3)4/h5-12,19H,13-14H2,1-4H3,(H,23,26)(H,24,25). The second kappa shape index (κ2) is 9.26. The Bertz CT molecular complexity index is 811. The van der Waals surface area contributed by atoms with Crippen LogP contribution in [0.2, 0.25) is 0 Å². The van der Waals surface area contributed by atoms with Crippen molar-refractivity contribution >= 4 is 12.1 Å². The van der Waals surface area contributed by atoms with Crippen LogP contribution in [0.4, 0.5) is 4.79 Å². The molecule has 0 aliphatic heterocycles. The number of alkyl carbamates (subject to hydrolysis) is 1. The molecule has 0 saturated carbocycles. The van der Waals surface area contributed by atoms with Crippen molar-refractivity contribution in [3.05, 3.63) is 65.2 Å². The number of carboxylic acid groups (broad SMARTS) is 1. The number of amides is 1. The molecule has 6 heteroatoms. The van der Waals surface area contributed by atoms with Crippen molar-refractivity contribution in [2.75, 3.05) is 0 Å². The Morgan fingerprint density at radius 2 is 1.79 bits per heavy atom. The molecule has 1 atom stereocenters. The summed E-state index contributed by atoms with van der Waals surface area (Å²) < 4.78 is 10.9. The molecule has 1 unspecified atom stereocenters. The Morgan fingerprint density at radius 3 is 2.36 bits per heavy atom. The number of benzene rings is 2. The highest BCUT2D eigenvalue weighted by molar-refractivity contribution is 5.80. The maximum absolute atomic E-state index is 11.9. The molecular weight excluding hydrogens is 358 g/mol. The maximum atomic E-state index is 11.9. The SMILES string of the molecule is Cc1cc(OCc2ccccc2)ccc1CC(NC(=O)OC(C)(C)C)C(=O)O. The summed E-state index contributed by atoms with van der Waals surface area (Å²) in [5.74, 6) is -0.410. The van der Waals surface area contributed by atoms with Gasteiger partial charge in [-0.1, -0.05) is 36.4 Å². The molecule has 1 amide bonds. The first-order valence-corrected chi connectivity index (χ1v) is 9.12. The van der Waals surface area contributed by atoms with Crippen LogP contribution in [0, 0.1) is 6.92 Å². The molecule has 0 aliphatic carbocycles. The van der Waals surface area contributed by atoms with Crippen LogP contribution in [0.15, 0.2) is 48.5 Å². The quantitative estimate of drug-likeness (QED) is 0.750. The van der Waals surface area contributed by atoms with Gasteiger partial charge in [0, 0.05) is 6.42 Å². The zero-order valence-corrected chi connectivity index (χ0v) is 16.7. The molecule has 2 N–H and O–H groups in total. The molecule has 0 spiro atoms. The first-order valence-electron chi connectivity index (χ1n) is 9.12. The molecule has 0 saturated heterocycles. The average molecular weight is 385 g/mol. The van der Waals surface area contributed by atoms with E-state index in [1.165, 1.54) is 0 Å². The number of carbonyl (C=O) groups excluding carboxylic acids is 1. The summed E-state index contributed by atoms with van der Waals surface area (Å²) in [6, 6.07) is 14.2. The van der Waals surface area contributed by atoms with Gasteiger partial charge in [0.15, 0.2) is 0 Å². The first kappa shape index (κ1) is 21.3. The van der Waals surface area contributed by atoms with Crippen LogP contribution < -0.4 is 10.1 Å². The molecule has 0 aliphatic rings. The fraction of sp³-hybridized carbons (Fsp3) is 0.364. The van der Waals surface area contributed by atoms with Gasteiger partial charge in [0.2, 0.25) is 0 Å². The van der Waals surface area contributed by atoms with Crippen LogP contribution in [0.25, 0.3) is 0 Å². The number of aryl methyl sites for hydroxylation is 1. The lowest BCUT2D eigenvalue weighted by atomic mass is 10.0. The van der Waals surface area contributed by atoms with E-state index in [1.54, 1.807) is 26.8 Å². The van der Waals surface area contributed by atoms with Gasteiger partial charge in [-0.3, -0.25) is 0 Å². The van der Waals surface area contributed by atoms with Crippen LogP contribution in [0.3, 0.4) is 0 Å².